The van der Waals surface area contributed by atoms with Crippen LogP contribution in [-0.2, 0) is 11.4 Å². The van der Waals surface area contributed by atoms with Crippen LogP contribution in [0.15, 0.2) is 93.2 Å². The van der Waals surface area contributed by atoms with Crippen molar-refractivity contribution >= 4 is 50.5 Å². The maximum Gasteiger partial charge on any atom is 0.264 e. The van der Waals surface area contributed by atoms with E-state index in [-0.39, 0.29) is 5.91 Å². The van der Waals surface area contributed by atoms with E-state index < -0.39 is 0 Å². The quantitative estimate of drug-likeness (QED) is 0.476. The van der Waals surface area contributed by atoms with E-state index in [2.05, 4.69) is 26.2 Å². The van der Waals surface area contributed by atoms with Gasteiger partial charge in [0.05, 0.1) is 10.6 Å². The fraction of sp³-hybridized carbons (Fsp3) is 0.0435. The van der Waals surface area contributed by atoms with Crippen LogP contribution in [0.1, 0.15) is 11.1 Å². The summed E-state index contributed by atoms with van der Waals surface area (Å²) in [6, 6.07) is 25.3. The highest BCUT2D eigenvalue weighted by Crippen LogP contribution is 2.31. The molecule has 0 saturated carbocycles. The molecule has 1 aliphatic heterocycles. The van der Waals surface area contributed by atoms with Gasteiger partial charge in [0.15, 0.2) is 5.17 Å². The van der Waals surface area contributed by atoms with Crippen LogP contribution in [0.2, 0.25) is 0 Å². The van der Waals surface area contributed by atoms with Crippen LogP contribution in [-0.4, -0.2) is 11.1 Å². The Morgan fingerprint density at radius 2 is 1.69 bits per heavy atom. The highest BCUT2D eigenvalue weighted by Gasteiger charge is 2.24. The van der Waals surface area contributed by atoms with Crippen molar-refractivity contribution in [1.82, 2.24) is 5.32 Å². The van der Waals surface area contributed by atoms with Gasteiger partial charge in [-0.05, 0) is 69.2 Å². The number of amides is 1. The first-order valence-corrected chi connectivity index (χ1v) is 10.6. The second-order valence-electron chi connectivity index (χ2n) is 6.28. The Bertz CT molecular complexity index is 1080. The van der Waals surface area contributed by atoms with E-state index in [4.69, 9.17) is 4.74 Å². The molecular weight excluding hydrogens is 448 g/mol. The monoisotopic (exact) mass is 464 g/mol. The highest BCUT2D eigenvalue weighted by atomic mass is 79.9. The van der Waals surface area contributed by atoms with Crippen molar-refractivity contribution in [1.29, 1.82) is 0 Å². The van der Waals surface area contributed by atoms with Crippen LogP contribution in [0.5, 0.6) is 5.75 Å². The van der Waals surface area contributed by atoms with E-state index in [0.29, 0.717) is 16.7 Å². The van der Waals surface area contributed by atoms with Gasteiger partial charge in [0.1, 0.15) is 12.4 Å². The highest BCUT2D eigenvalue weighted by molar-refractivity contribution is 9.10. The van der Waals surface area contributed by atoms with Crippen LogP contribution in [0.4, 0.5) is 5.69 Å². The second kappa shape index (κ2) is 9.11. The SMILES string of the molecule is O=C1NC(=Nc2ccccc2Br)S/C1=C/c1ccc(OCc2ccccc2)cc1. The Hall–Kier alpha value is -2.83. The van der Waals surface area contributed by atoms with Crippen molar-refractivity contribution in [2.75, 3.05) is 0 Å². The number of ether oxygens (including phenoxy) is 1. The lowest BCUT2D eigenvalue weighted by atomic mass is 10.2. The molecule has 0 spiro atoms. The van der Waals surface area contributed by atoms with Gasteiger partial charge in [0.25, 0.3) is 5.91 Å². The lowest BCUT2D eigenvalue weighted by Crippen LogP contribution is -2.19. The Morgan fingerprint density at radius 3 is 2.45 bits per heavy atom. The molecule has 1 heterocycles. The molecule has 0 aromatic heterocycles. The first-order chi connectivity index (χ1) is 14.2. The number of carbonyl (C=O) groups excluding carboxylic acids is 1. The van der Waals surface area contributed by atoms with E-state index in [1.54, 1.807) is 0 Å². The van der Waals surface area contributed by atoms with Crippen LogP contribution in [0, 0.1) is 0 Å². The molecule has 1 N–H and O–H groups in total. The van der Waals surface area contributed by atoms with E-state index in [9.17, 15) is 4.79 Å². The van der Waals surface area contributed by atoms with Crippen LogP contribution < -0.4 is 10.1 Å². The number of rotatable bonds is 5. The topological polar surface area (TPSA) is 50.7 Å². The number of amidine groups is 1. The van der Waals surface area contributed by atoms with Crippen LogP contribution in [0.3, 0.4) is 0 Å². The predicted octanol–water partition coefficient (Wildman–Crippen LogP) is 5.92. The predicted molar refractivity (Wildman–Crippen MR) is 122 cm³/mol. The molecule has 3 aromatic carbocycles. The van der Waals surface area contributed by atoms with Gasteiger partial charge in [-0.1, -0.05) is 54.6 Å². The summed E-state index contributed by atoms with van der Waals surface area (Å²) in [7, 11) is 0. The first kappa shape index (κ1) is 19.5. The molecule has 29 heavy (non-hydrogen) atoms. The third kappa shape index (κ3) is 5.16. The number of hydrogen-bond donors (Lipinski definition) is 1. The third-order valence-corrected chi connectivity index (χ3v) is 5.73. The molecule has 1 fully saturated rings. The van der Waals surface area contributed by atoms with Gasteiger partial charge >= 0.3 is 0 Å². The van der Waals surface area contributed by atoms with Crippen molar-refractivity contribution < 1.29 is 9.53 Å². The van der Waals surface area contributed by atoms with Crippen molar-refractivity contribution in [3.63, 3.8) is 0 Å². The maximum absolute atomic E-state index is 12.3. The fourth-order valence-electron chi connectivity index (χ4n) is 2.68. The minimum Gasteiger partial charge on any atom is -0.489 e. The Labute approximate surface area is 181 Å². The number of nitrogens with one attached hydrogen (secondary N) is 1. The zero-order valence-electron chi connectivity index (χ0n) is 15.3. The lowest BCUT2D eigenvalue weighted by Gasteiger charge is -2.06. The second-order valence-corrected chi connectivity index (χ2v) is 8.16. The number of aliphatic imine (C=N–C) groups is 1. The largest absolute Gasteiger partial charge is 0.489 e. The molecule has 6 heteroatoms. The zero-order chi connectivity index (χ0) is 20.1. The molecule has 0 radical (unpaired) electrons. The Kier molecular flexibility index (Phi) is 6.12. The summed E-state index contributed by atoms with van der Waals surface area (Å²) < 4.78 is 6.68. The fourth-order valence-corrected chi connectivity index (χ4v) is 3.89. The molecular formula is C23H17BrN2O2S. The minimum absolute atomic E-state index is 0.148. The average molecular weight is 465 g/mol. The van der Waals surface area contributed by atoms with Crippen molar-refractivity contribution in [2.45, 2.75) is 6.61 Å². The van der Waals surface area contributed by atoms with Gasteiger partial charge in [-0.15, -0.1) is 0 Å². The van der Waals surface area contributed by atoms with Crippen LogP contribution in [0.25, 0.3) is 6.08 Å². The van der Waals surface area contributed by atoms with Crippen molar-refractivity contribution in [3.8, 4) is 5.75 Å². The maximum atomic E-state index is 12.3. The molecule has 1 saturated heterocycles. The van der Waals surface area contributed by atoms with E-state index in [1.807, 2.05) is 84.9 Å². The van der Waals surface area contributed by atoms with Gasteiger partial charge < -0.3 is 10.1 Å². The lowest BCUT2D eigenvalue weighted by molar-refractivity contribution is -0.115. The molecule has 0 bridgehead atoms. The third-order valence-electron chi connectivity index (χ3n) is 4.15. The smallest absolute Gasteiger partial charge is 0.264 e. The summed E-state index contributed by atoms with van der Waals surface area (Å²) in [4.78, 5) is 17.4. The number of hydrogen-bond acceptors (Lipinski definition) is 4. The molecule has 4 rings (SSSR count). The number of para-hydroxylation sites is 1. The van der Waals surface area contributed by atoms with Gasteiger partial charge in [0.2, 0.25) is 0 Å². The molecule has 4 nitrogen and oxygen atoms in total. The number of benzene rings is 3. The number of thioether (sulfide) groups is 1. The average Bonchev–Trinajstić information content (AvgIpc) is 3.09. The first-order valence-electron chi connectivity index (χ1n) is 8.98. The van der Waals surface area contributed by atoms with Gasteiger partial charge in [-0.2, -0.15) is 0 Å². The van der Waals surface area contributed by atoms with Gasteiger partial charge in [-0.25, -0.2) is 4.99 Å². The van der Waals surface area contributed by atoms with E-state index in [1.165, 1.54) is 11.8 Å². The van der Waals surface area contributed by atoms with Crippen LogP contribution >= 0.6 is 27.7 Å². The normalized spacial score (nSPS) is 16.2. The van der Waals surface area contributed by atoms with E-state index >= 15 is 0 Å². The summed E-state index contributed by atoms with van der Waals surface area (Å²) in [5.74, 6) is 0.640. The van der Waals surface area contributed by atoms with Crippen molar-refractivity contribution in [3.05, 3.63) is 99.4 Å². The molecule has 3 aromatic rings. The summed E-state index contributed by atoms with van der Waals surface area (Å²) >= 11 is 4.79. The Balaban J connectivity index is 1.42. The molecule has 0 atom stereocenters. The molecule has 0 aliphatic carbocycles. The minimum atomic E-state index is -0.148. The van der Waals surface area contributed by atoms with Gasteiger partial charge in [0, 0.05) is 4.47 Å². The summed E-state index contributed by atoms with van der Waals surface area (Å²) in [5.41, 5.74) is 2.82. The molecule has 0 unspecified atom stereocenters. The summed E-state index contributed by atoms with van der Waals surface area (Å²) in [6.07, 6.45) is 1.85. The molecule has 1 aliphatic rings. The zero-order valence-corrected chi connectivity index (χ0v) is 17.7. The molecule has 144 valence electrons. The summed E-state index contributed by atoms with van der Waals surface area (Å²) in [5, 5.41) is 3.38. The number of carbonyl (C=O) groups is 1. The standard InChI is InChI=1S/C23H17BrN2O2S/c24-19-8-4-5-9-20(19)25-23-26-22(27)21(29-23)14-16-10-12-18(13-11-16)28-15-17-6-2-1-3-7-17/h1-14H,15H2,(H,25,26,27)/b21-14+. The summed E-state index contributed by atoms with van der Waals surface area (Å²) in [6.45, 7) is 0.522. The Morgan fingerprint density at radius 1 is 0.966 bits per heavy atom. The van der Waals surface area contributed by atoms with E-state index in [0.717, 1.165) is 27.0 Å². The van der Waals surface area contributed by atoms with Gasteiger partial charge in [-0.3, -0.25) is 4.79 Å². The number of halogens is 1. The number of nitrogens with zero attached hydrogens (tertiary/aromatic N) is 1. The molecule has 1 amide bonds. The van der Waals surface area contributed by atoms with Crippen molar-refractivity contribution in [2.24, 2.45) is 4.99 Å².